The number of nitrogens with zero attached hydrogens (tertiary/aromatic N) is 1. The molecule has 13 heteroatoms. The second-order valence-corrected chi connectivity index (χ2v) is 12.7. The van der Waals surface area contributed by atoms with E-state index in [4.69, 9.17) is 25.8 Å². The highest BCUT2D eigenvalue weighted by Gasteiger charge is 2.61. The number of allylic oxidation sites excluding steroid dienone is 1. The summed E-state index contributed by atoms with van der Waals surface area (Å²) in [5, 5.41) is 14.9. The van der Waals surface area contributed by atoms with Gasteiger partial charge in [0, 0.05) is 41.2 Å². The molecular formula is C34H31ClFN3O7S. The molecule has 1 spiro atoms. The van der Waals surface area contributed by atoms with Gasteiger partial charge in [0.2, 0.25) is 17.3 Å². The lowest BCUT2D eigenvalue weighted by Crippen LogP contribution is -2.53. The second kappa shape index (κ2) is 12.6. The van der Waals surface area contributed by atoms with Crippen LogP contribution in [-0.4, -0.2) is 58.6 Å². The number of rotatable bonds is 9. The van der Waals surface area contributed by atoms with Crippen LogP contribution in [0.2, 0.25) is 5.02 Å². The number of hydrogen-bond donors (Lipinski definition) is 3. The lowest BCUT2D eigenvalue weighted by Gasteiger charge is -2.38. The number of carbonyl (C=O) groups is 3. The van der Waals surface area contributed by atoms with Crippen molar-refractivity contribution in [3.63, 3.8) is 0 Å². The number of nitrogens with one attached hydrogen (secondary N) is 2. The molecule has 3 atom stereocenters. The molecule has 1 aromatic heterocycles. The highest BCUT2D eigenvalue weighted by Crippen LogP contribution is 2.55. The predicted octanol–water partition coefficient (Wildman–Crippen LogP) is 6.32. The molecule has 1 aliphatic heterocycles. The summed E-state index contributed by atoms with van der Waals surface area (Å²) in [5.41, 5.74) is -0.461. The first-order valence-corrected chi connectivity index (χ1v) is 16.3. The average Bonchev–Trinajstić information content (AvgIpc) is 3.61. The number of aliphatic hydroxyl groups is 1. The molecule has 0 saturated heterocycles. The van der Waals surface area contributed by atoms with Gasteiger partial charge in [0.05, 0.1) is 31.8 Å². The molecule has 1 amide bonds. The van der Waals surface area contributed by atoms with Gasteiger partial charge in [-0.2, -0.15) is 0 Å². The summed E-state index contributed by atoms with van der Waals surface area (Å²) in [6.45, 7) is 1.64. The summed E-state index contributed by atoms with van der Waals surface area (Å²) in [4.78, 5) is 49.9. The first-order valence-electron chi connectivity index (χ1n) is 14.7. The molecule has 10 nitrogen and oxygen atoms in total. The Morgan fingerprint density at radius 3 is 2.60 bits per heavy atom. The number of H-pyrrole nitrogens is 1. The summed E-state index contributed by atoms with van der Waals surface area (Å²) < 4.78 is 30.8. The van der Waals surface area contributed by atoms with Gasteiger partial charge < -0.3 is 29.6 Å². The molecule has 3 aromatic carbocycles. The lowest BCUT2D eigenvalue weighted by atomic mass is 9.69. The van der Waals surface area contributed by atoms with E-state index < -0.39 is 46.5 Å². The maximum absolute atomic E-state index is 14.3. The summed E-state index contributed by atoms with van der Waals surface area (Å²) in [5.74, 6) is -3.50. The van der Waals surface area contributed by atoms with Crippen LogP contribution in [0.5, 0.6) is 17.2 Å². The minimum Gasteiger partial charge on any atom is -0.507 e. The van der Waals surface area contributed by atoms with E-state index in [1.54, 1.807) is 19.1 Å². The van der Waals surface area contributed by atoms with Crippen molar-refractivity contribution in [1.82, 2.24) is 15.3 Å². The quantitative estimate of drug-likeness (QED) is 0.173. The molecule has 4 aromatic rings. The van der Waals surface area contributed by atoms with Gasteiger partial charge in [-0.3, -0.25) is 14.4 Å². The van der Waals surface area contributed by atoms with Gasteiger partial charge in [-0.1, -0.05) is 30.7 Å². The van der Waals surface area contributed by atoms with Crippen LogP contribution in [0.1, 0.15) is 47.4 Å². The number of Topliss-reactive ketones (excluding diaryl/α,β-unsaturated/α-hetero) is 2. The molecule has 0 radical (unpaired) electrons. The maximum Gasteiger partial charge on any atom is 0.231 e. The summed E-state index contributed by atoms with van der Waals surface area (Å²) in [6, 6.07) is 12.9. The minimum absolute atomic E-state index is 0.00421. The number of fused-ring (bicyclic) bond motifs is 2. The van der Waals surface area contributed by atoms with Crippen LogP contribution in [0.15, 0.2) is 64.8 Å². The van der Waals surface area contributed by atoms with Crippen LogP contribution in [0.3, 0.4) is 0 Å². The van der Waals surface area contributed by atoms with Gasteiger partial charge in [0.1, 0.15) is 33.7 Å². The molecule has 0 fully saturated rings. The number of halogens is 2. The van der Waals surface area contributed by atoms with E-state index in [2.05, 4.69) is 15.3 Å². The van der Waals surface area contributed by atoms with Crippen molar-refractivity contribution in [1.29, 1.82) is 0 Å². The molecule has 47 heavy (non-hydrogen) atoms. The van der Waals surface area contributed by atoms with E-state index in [-0.39, 0.29) is 52.8 Å². The van der Waals surface area contributed by atoms with Crippen molar-refractivity contribution in [3.8, 4) is 17.2 Å². The van der Waals surface area contributed by atoms with Gasteiger partial charge >= 0.3 is 0 Å². The Kier molecular flexibility index (Phi) is 8.66. The third-order valence-corrected chi connectivity index (χ3v) is 9.82. The van der Waals surface area contributed by atoms with E-state index in [1.165, 1.54) is 50.2 Å². The van der Waals surface area contributed by atoms with Crippen LogP contribution in [0, 0.1) is 11.7 Å². The molecule has 1 aliphatic carbocycles. The molecule has 6 rings (SSSR count). The molecule has 2 aliphatic rings. The second-order valence-electron chi connectivity index (χ2n) is 11.4. The zero-order valence-electron chi connectivity index (χ0n) is 25.9. The zero-order chi connectivity index (χ0) is 33.6. The molecule has 3 unspecified atom stereocenters. The largest absolute Gasteiger partial charge is 0.507 e. The summed E-state index contributed by atoms with van der Waals surface area (Å²) in [7, 11) is 2.79. The fourth-order valence-electron chi connectivity index (χ4n) is 6.32. The van der Waals surface area contributed by atoms with Crippen LogP contribution >= 0.6 is 23.4 Å². The van der Waals surface area contributed by atoms with Crippen LogP contribution in [0.4, 0.5) is 4.39 Å². The van der Waals surface area contributed by atoms with Gasteiger partial charge in [0.25, 0.3) is 0 Å². The fourth-order valence-corrected chi connectivity index (χ4v) is 6.99. The highest BCUT2D eigenvalue weighted by molar-refractivity contribution is 7.98. The van der Waals surface area contributed by atoms with Crippen LogP contribution < -0.4 is 19.5 Å². The number of aromatic nitrogens is 2. The molecule has 244 valence electrons. The Morgan fingerprint density at radius 2 is 1.91 bits per heavy atom. The monoisotopic (exact) mass is 679 g/mol. The average molecular weight is 680 g/mol. The van der Waals surface area contributed by atoms with Crippen molar-refractivity contribution in [2.75, 3.05) is 20.5 Å². The van der Waals surface area contributed by atoms with Gasteiger partial charge in [-0.05, 0) is 42.2 Å². The number of carbonyl (C=O) groups excluding carboxylic acids is 3. The number of amides is 1. The van der Waals surface area contributed by atoms with E-state index in [0.29, 0.717) is 22.4 Å². The highest BCUT2D eigenvalue weighted by atomic mass is 35.5. The van der Waals surface area contributed by atoms with E-state index in [1.807, 2.05) is 18.4 Å². The summed E-state index contributed by atoms with van der Waals surface area (Å²) >= 11 is 8.11. The van der Waals surface area contributed by atoms with Gasteiger partial charge in [-0.15, -0.1) is 11.8 Å². The van der Waals surface area contributed by atoms with Crippen molar-refractivity contribution in [3.05, 3.63) is 87.7 Å². The van der Waals surface area contributed by atoms with Gasteiger partial charge in [0.15, 0.2) is 17.3 Å². The fraction of sp³-hybridized carbons (Fsp3) is 0.294. The smallest absolute Gasteiger partial charge is 0.231 e. The van der Waals surface area contributed by atoms with E-state index >= 15 is 0 Å². The number of ether oxygens (including phenoxy) is 3. The third-order valence-electron chi connectivity index (χ3n) is 8.71. The normalized spacial score (nSPS) is 19.6. The number of aliphatic hydroxyl groups excluding tert-OH is 1. The molecule has 0 saturated carbocycles. The third kappa shape index (κ3) is 5.48. The lowest BCUT2D eigenvalue weighted by molar-refractivity contribution is -0.122. The number of thioether (sulfide) groups is 1. The summed E-state index contributed by atoms with van der Waals surface area (Å²) in [6.07, 6.45) is 1.53. The van der Waals surface area contributed by atoms with Crippen molar-refractivity contribution in [2.24, 2.45) is 5.92 Å². The van der Waals surface area contributed by atoms with E-state index in [9.17, 15) is 23.9 Å². The van der Waals surface area contributed by atoms with Crippen molar-refractivity contribution in [2.45, 2.75) is 42.7 Å². The van der Waals surface area contributed by atoms with Crippen molar-refractivity contribution >= 4 is 51.9 Å². The standard InChI is InChI=1S/C34H31ClFN3O7S/c1-16-11-23(40)28(32(42)34(16)33(43)29-24(44-2)14-25(45-3)30(35)31(29)46-34)20(17-5-8-19(47-4)9-6-17)13-27(41)37-15-26-38-21-10-7-18(36)12-22(21)39-26/h5-10,12,14,16,20,42H,11,13,15H2,1-4H3,(H,37,41)(H,38,39). The Labute approximate surface area is 278 Å². The zero-order valence-corrected chi connectivity index (χ0v) is 27.5. The SMILES string of the molecule is COc1cc(OC)c2c(c1Cl)OC1(C2=O)C(O)=C(C(CC(=O)NCc2nc3ccc(F)cc3[nH]2)c2ccc(SC)cc2)C(=O)CC1C. The predicted molar refractivity (Wildman–Crippen MR) is 174 cm³/mol. The number of benzene rings is 3. The van der Waals surface area contributed by atoms with Crippen molar-refractivity contribution < 1.29 is 38.1 Å². The molecule has 0 bridgehead atoms. The topological polar surface area (TPSA) is 140 Å². The minimum atomic E-state index is -1.99. The maximum atomic E-state index is 14.3. The molecule has 3 N–H and O–H groups in total. The van der Waals surface area contributed by atoms with E-state index in [0.717, 1.165) is 4.90 Å². The Morgan fingerprint density at radius 1 is 1.19 bits per heavy atom. The Hall–Kier alpha value is -4.55. The Balaban J connectivity index is 1.39. The first kappa shape index (κ1) is 32.4. The number of methoxy groups -OCH3 is 2. The first-order chi connectivity index (χ1) is 22.5. The number of ketones is 2. The van der Waals surface area contributed by atoms with Crippen LogP contribution in [0.25, 0.3) is 11.0 Å². The van der Waals surface area contributed by atoms with Crippen LogP contribution in [-0.2, 0) is 16.1 Å². The van der Waals surface area contributed by atoms with Gasteiger partial charge in [-0.25, -0.2) is 9.37 Å². The molecular weight excluding hydrogens is 649 g/mol. The molecule has 2 heterocycles. The number of hydrogen-bond acceptors (Lipinski definition) is 9. The Bertz CT molecular complexity index is 1960. The number of aromatic amines is 1. The number of imidazole rings is 1.